The van der Waals surface area contributed by atoms with E-state index in [1.165, 1.54) is 17.3 Å². The Hall–Kier alpha value is -2.40. The molecule has 10 nitrogen and oxygen atoms in total. The van der Waals surface area contributed by atoms with Crippen molar-refractivity contribution in [1.29, 1.82) is 0 Å². The fourth-order valence-electron chi connectivity index (χ4n) is 2.91. The van der Waals surface area contributed by atoms with Crippen LogP contribution in [-0.2, 0) is 19.0 Å². The van der Waals surface area contributed by atoms with Crippen molar-refractivity contribution in [3.05, 3.63) is 25.3 Å². The molecule has 0 bridgehead atoms. The molecule has 1 aliphatic rings. The van der Waals surface area contributed by atoms with E-state index < -0.39 is 18.4 Å². The summed E-state index contributed by atoms with van der Waals surface area (Å²) in [4.78, 5) is 26.0. The third kappa shape index (κ3) is 3.98. The lowest BCUT2D eigenvalue weighted by Crippen LogP contribution is -2.27. The van der Waals surface area contributed by atoms with Crippen molar-refractivity contribution in [2.24, 2.45) is 0 Å². The zero-order chi connectivity index (χ0) is 19.4. The van der Waals surface area contributed by atoms with E-state index in [4.69, 9.17) is 14.2 Å². The minimum atomic E-state index is -0.665. The van der Waals surface area contributed by atoms with Gasteiger partial charge in [0.15, 0.2) is 17.0 Å². The number of carbonyl (C=O) groups excluding carboxylic acids is 1. The lowest BCUT2D eigenvalue weighted by atomic mass is 10.2. The van der Waals surface area contributed by atoms with Gasteiger partial charge in [-0.05, 0) is 6.08 Å². The van der Waals surface area contributed by atoms with Crippen LogP contribution in [0.2, 0.25) is 0 Å². The molecule has 3 heterocycles. The molecule has 1 fully saturated rings. The van der Waals surface area contributed by atoms with Crippen LogP contribution in [0.3, 0.4) is 0 Å². The molecule has 1 amide bonds. The van der Waals surface area contributed by atoms with E-state index in [1.54, 1.807) is 25.1 Å². The number of amides is 1. The van der Waals surface area contributed by atoms with Gasteiger partial charge in [0.25, 0.3) is 5.91 Å². The summed E-state index contributed by atoms with van der Waals surface area (Å²) in [5.41, 5.74) is 0.981. The van der Waals surface area contributed by atoms with Gasteiger partial charge in [-0.1, -0.05) is 6.58 Å². The molecule has 1 N–H and O–H groups in total. The molecule has 0 unspecified atom stereocenters. The molecule has 2 aromatic heterocycles. The number of rotatable bonds is 8. The van der Waals surface area contributed by atoms with Crippen LogP contribution in [-0.4, -0.2) is 76.7 Å². The second-order valence-corrected chi connectivity index (χ2v) is 6.12. The van der Waals surface area contributed by atoms with E-state index in [1.807, 2.05) is 0 Å². The number of hydrogen-bond acceptors (Lipinski definition) is 8. The molecule has 27 heavy (non-hydrogen) atoms. The van der Waals surface area contributed by atoms with Gasteiger partial charge in [0.1, 0.15) is 18.7 Å². The Bertz CT molecular complexity index is 810. The number of likely N-dealkylation sites (N-methyl/N-ethyl adjacent to an activating group) is 1. The average molecular weight is 377 g/mol. The first kappa shape index (κ1) is 19.4. The highest BCUT2D eigenvalue weighted by molar-refractivity contribution is 6.03. The zero-order valence-electron chi connectivity index (χ0n) is 15.3. The van der Waals surface area contributed by atoms with E-state index in [-0.39, 0.29) is 12.5 Å². The molecule has 2 aromatic rings. The summed E-state index contributed by atoms with van der Waals surface area (Å²) in [6.07, 6.45) is 2.96. The summed E-state index contributed by atoms with van der Waals surface area (Å²) in [6, 6.07) is 0. The van der Waals surface area contributed by atoms with Crippen molar-refractivity contribution in [3.63, 3.8) is 0 Å². The Morgan fingerprint density at radius 2 is 2.30 bits per heavy atom. The number of hydrogen-bond donors (Lipinski definition) is 1. The number of ether oxygens (including phenoxy) is 3. The number of nitrogens with zero attached hydrogens (tertiary/aromatic N) is 5. The summed E-state index contributed by atoms with van der Waals surface area (Å²) in [6.45, 7) is 4.66. The van der Waals surface area contributed by atoms with Gasteiger partial charge >= 0.3 is 0 Å². The van der Waals surface area contributed by atoms with Crippen molar-refractivity contribution in [2.45, 2.75) is 24.9 Å². The summed E-state index contributed by atoms with van der Waals surface area (Å²) >= 11 is 0. The lowest BCUT2D eigenvalue weighted by molar-refractivity contribution is -0.113. The SMILES string of the molecule is C=CC(=O)N(C)c1ncnc2c1ncn2[C@H]1C[C@H](O)[C@@H](COCCOC)O1. The van der Waals surface area contributed by atoms with Gasteiger partial charge in [0.2, 0.25) is 0 Å². The Morgan fingerprint density at radius 1 is 1.48 bits per heavy atom. The maximum Gasteiger partial charge on any atom is 0.251 e. The van der Waals surface area contributed by atoms with Crippen LogP contribution in [0, 0.1) is 0 Å². The fraction of sp³-hybridized carbons (Fsp3) is 0.529. The fourth-order valence-corrected chi connectivity index (χ4v) is 2.91. The highest BCUT2D eigenvalue weighted by atomic mass is 16.6. The monoisotopic (exact) mass is 377 g/mol. The molecule has 3 rings (SSSR count). The molecular formula is C17H23N5O5. The van der Waals surface area contributed by atoms with Crippen LogP contribution in [0.5, 0.6) is 0 Å². The maximum atomic E-state index is 11.9. The Morgan fingerprint density at radius 3 is 3.04 bits per heavy atom. The second kappa shape index (κ2) is 8.53. The quantitative estimate of drug-likeness (QED) is 0.516. The first-order valence-corrected chi connectivity index (χ1v) is 8.54. The van der Waals surface area contributed by atoms with Crippen molar-refractivity contribution in [1.82, 2.24) is 19.5 Å². The number of fused-ring (bicyclic) bond motifs is 1. The molecule has 1 aliphatic heterocycles. The molecular weight excluding hydrogens is 354 g/mol. The van der Waals surface area contributed by atoms with Crippen LogP contribution in [0.25, 0.3) is 11.2 Å². The predicted molar refractivity (Wildman–Crippen MR) is 96.2 cm³/mol. The van der Waals surface area contributed by atoms with Gasteiger partial charge in [-0.15, -0.1) is 0 Å². The number of imidazole rings is 1. The zero-order valence-corrected chi connectivity index (χ0v) is 15.3. The van der Waals surface area contributed by atoms with Crippen LogP contribution in [0.1, 0.15) is 12.6 Å². The number of aromatic nitrogens is 4. The number of carbonyl (C=O) groups is 1. The van der Waals surface area contributed by atoms with Crippen LogP contribution >= 0.6 is 0 Å². The summed E-state index contributed by atoms with van der Waals surface area (Å²) in [5, 5.41) is 10.3. The molecule has 0 radical (unpaired) electrons. The minimum absolute atomic E-state index is 0.268. The van der Waals surface area contributed by atoms with Gasteiger partial charge in [-0.2, -0.15) is 0 Å². The van der Waals surface area contributed by atoms with Gasteiger partial charge < -0.3 is 19.3 Å². The van der Waals surface area contributed by atoms with Crippen LogP contribution in [0.4, 0.5) is 5.82 Å². The number of methoxy groups -OCH3 is 1. The molecule has 0 aromatic carbocycles. The molecule has 146 valence electrons. The van der Waals surface area contributed by atoms with Crippen LogP contribution < -0.4 is 4.90 Å². The smallest absolute Gasteiger partial charge is 0.251 e. The van der Waals surface area contributed by atoms with Crippen molar-refractivity contribution < 1.29 is 24.1 Å². The van der Waals surface area contributed by atoms with Crippen molar-refractivity contribution >= 4 is 22.9 Å². The number of aliphatic hydroxyl groups excluding tert-OH is 1. The van der Waals surface area contributed by atoms with Gasteiger partial charge in [0.05, 0.1) is 32.3 Å². The maximum absolute atomic E-state index is 11.9. The predicted octanol–water partition coefficient (Wildman–Crippen LogP) is 0.286. The van der Waals surface area contributed by atoms with E-state index >= 15 is 0 Å². The minimum Gasteiger partial charge on any atom is -0.390 e. The number of aliphatic hydroxyl groups is 1. The van der Waals surface area contributed by atoms with Gasteiger partial charge in [0, 0.05) is 20.6 Å². The average Bonchev–Trinajstić information content (AvgIpc) is 3.27. The molecule has 10 heteroatoms. The van der Waals surface area contributed by atoms with Crippen molar-refractivity contribution in [3.8, 4) is 0 Å². The Balaban J connectivity index is 1.78. The first-order chi connectivity index (χ1) is 13.1. The standard InChI is InChI=1S/C17H23N5O5/c1-4-13(24)21(2)16-15-17(19-9-18-16)22(10-20-15)14-7-11(23)12(27-14)8-26-6-5-25-3/h4,9-12,14,23H,1,5-8H2,2-3H3/t11-,12+,14+/m0/s1. The van der Waals surface area contributed by atoms with E-state index in [2.05, 4.69) is 21.5 Å². The Kier molecular flexibility index (Phi) is 6.11. The van der Waals surface area contributed by atoms with Gasteiger partial charge in [-0.25, -0.2) is 15.0 Å². The summed E-state index contributed by atoms with van der Waals surface area (Å²) in [7, 11) is 3.19. The largest absolute Gasteiger partial charge is 0.390 e. The highest BCUT2D eigenvalue weighted by Crippen LogP contribution is 2.32. The normalized spacial score (nSPS) is 22.3. The lowest BCUT2D eigenvalue weighted by Gasteiger charge is -2.16. The van der Waals surface area contributed by atoms with Gasteiger partial charge in [-0.3, -0.25) is 14.3 Å². The Labute approximate surface area is 156 Å². The van der Waals surface area contributed by atoms with E-state index in [0.29, 0.717) is 36.6 Å². The molecule has 3 atom stereocenters. The summed E-state index contributed by atoms with van der Waals surface area (Å²) < 4.78 is 18.0. The third-order valence-corrected chi connectivity index (χ3v) is 4.39. The van der Waals surface area contributed by atoms with Crippen molar-refractivity contribution in [2.75, 3.05) is 38.9 Å². The highest BCUT2D eigenvalue weighted by Gasteiger charge is 2.36. The molecule has 0 aliphatic carbocycles. The summed E-state index contributed by atoms with van der Waals surface area (Å²) in [5.74, 6) is 0.0759. The number of anilines is 1. The van der Waals surface area contributed by atoms with E-state index in [0.717, 1.165) is 0 Å². The second-order valence-electron chi connectivity index (χ2n) is 6.12. The topological polar surface area (TPSA) is 112 Å². The first-order valence-electron chi connectivity index (χ1n) is 8.54. The molecule has 1 saturated heterocycles. The van der Waals surface area contributed by atoms with Crippen LogP contribution in [0.15, 0.2) is 25.3 Å². The van der Waals surface area contributed by atoms with E-state index in [9.17, 15) is 9.90 Å². The third-order valence-electron chi connectivity index (χ3n) is 4.39. The molecule has 0 spiro atoms. The molecule has 0 saturated carbocycles.